The van der Waals surface area contributed by atoms with E-state index in [4.69, 9.17) is 33.0 Å². The summed E-state index contributed by atoms with van der Waals surface area (Å²) < 4.78 is 5.18. The van der Waals surface area contributed by atoms with Crippen LogP contribution in [0, 0.1) is 0 Å². The lowest BCUT2D eigenvalue weighted by molar-refractivity contribution is -0.132. The summed E-state index contributed by atoms with van der Waals surface area (Å²) in [6.07, 6.45) is 1.10. The van der Waals surface area contributed by atoms with E-state index in [0.29, 0.717) is 16.3 Å². The van der Waals surface area contributed by atoms with E-state index in [1.54, 1.807) is 18.2 Å². The molecule has 0 aromatic heterocycles. The topological polar surface area (TPSA) is 88.0 Å². The lowest BCUT2D eigenvalue weighted by Gasteiger charge is -2.11. The predicted octanol–water partition coefficient (Wildman–Crippen LogP) is 3.15. The van der Waals surface area contributed by atoms with Crippen LogP contribution in [0.25, 0.3) is 0 Å². The van der Waals surface area contributed by atoms with Crippen molar-refractivity contribution >= 4 is 41.8 Å². The van der Waals surface area contributed by atoms with Crippen LogP contribution >= 0.6 is 23.2 Å². The van der Waals surface area contributed by atoms with Gasteiger partial charge in [-0.1, -0.05) is 23.2 Å². The van der Waals surface area contributed by atoms with Crippen LogP contribution in [0.15, 0.2) is 45.7 Å². The fraction of sp³-hybridized carbons (Fsp3) is 0.188. The number of carboxylic acid groups (broad SMARTS) is 1. The van der Waals surface area contributed by atoms with Gasteiger partial charge in [0.15, 0.2) is 0 Å². The molecule has 0 saturated carbocycles. The number of allylic oxidation sites excluding steroid dienone is 2. The minimum absolute atomic E-state index is 0.0326. The second kappa shape index (κ2) is 9.10. The molecule has 1 amide bonds. The molecule has 1 rings (SSSR count). The van der Waals surface area contributed by atoms with Gasteiger partial charge in [0.2, 0.25) is 5.91 Å². The van der Waals surface area contributed by atoms with Crippen molar-refractivity contribution in [3.05, 3.63) is 51.3 Å². The third kappa shape index (κ3) is 5.72. The molecule has 0 bridgehead atoms. The van der Waals surface area contributed by atoms with Gasteiger partial charge in [0, 0.05) is 15.6 Å². The van der Waals surface area contributed by atoms with Crippen molar-refractivity contribution in [2.24, 2.45) is 4.99 Å². The van der Waals surface area contributed by atoms with E-state index in [0.717, 1.165) is 6.08 Å². The maximum atomic E-state index is 12.2. The first-order chi connectivity index (χ1) is 11.3. The summed E-state index contributed by atoms with van der Waals surface area (Å²) in [5.74, 6) is -1.20. The van der Waals surface area contributed by atoms with Crippen molar-refractivity contribution in [3.63, 3.8) is 0 Å². The number of carboxylic acids is 1. The van der Waals surface area contributed by atoms with Gasteiger partial charge in [-0.05, 0) is 37.9 Å². The molecule has 0 aliphatic rings. The number of hydrogen-bond donors (Lipinski definition) is 2. The molecule has 1 aromatic carbocycles. The Morgan fingerprint density at radius 1 is 1.46 bits per heavy atom. The number of nitrogens with zero attached hydrogens (tertiary/aromatic N) is 1. The summed E-state index contributed by atoms with van der Waals surface area (Å²) in [6, 6.07) is 4.91. The average Bonchev–Trinajstić information content (AvgIpc) is 2.50. The van der Waals surface area contributed by atoms with Crippen molar-refractivity contribution in [3.8, 4) is 5.75 Å². The van der Waals surface area contributed by atoms with Crippen LogP contribution < -0.4 is 10.1 Å². The molecule has 6 nitrogen and oxygen atoms in total. The Hall–Kier alpha value is -2.31. The van der Waals surface area contributed by atoms with E-state index in [1.165, 1.54) is 14.0 Å². The number of rotatable bonds is 7. The molecule has 0 unspecified atom stereocenters. The third-order valence-corrected chi connectivity index (χ3v) is 3.35. The minimum Gasteiger partial charge on any atom is -0.496 e. The second-order valence-electron chi connectivity index (χ2n) is 4.62. The number of nitrogens with one attached hydrogen (secondary N) is 1. The average molecular weight is 371 g/mol. The maximum absolute atomic E-state index is 12.2. The van der Waals surface area contributed by atoms with Gasteiger partial charge < -0.3 is 15.2 Å². The first-order valence-electron chi connectivity index (χ1n) is 6.68. The minimum atomic E-state index is -1.29. The number of ether oxygens (including phenoxy) is 1. The highest BCUT2D eigenvalue weighted by Gasteiger charge is 2.13. The van der Waals surface area contributed by atoms with Crippen LogP contribution in [0.2, 0.25) is 5.02 Å². The number of carbonyl (C=O) groups is 2. The van der Waals surface area contributed by atoms with Crippen molar-refractivity contribution in [1.29, 1.82) is 0 Å². The molecule has 128 valence electrons. The molecule has 0 aliphatic heterocycles. The Labute approximate surface area is 149 Å². The van der Waals surface area contributed by atoms with Crippen molar-refractivity contribution in [2.45, 2.75) is 13.3 Å². The molecular formula is C16H16Cl2N2O4. The van der Waals surface area contributed by atoms with Gasteiger partial charge in [0.05, 0.1) is 19.2 Å². The monoisotopic (exact) mass is 370 g/mol. The van der Waals surface area contributed by atoms with Gasteiger partial charge in [-0.3, -0.25) is 9.79 Å². The molecule has 24 heavy (non-hydrogen) atoms. The zero-order valence-electron chi connectivity index (χ0n) is 13.1. The van der Waals surface area contributed by atoms with Gasteiger partial charge in [0.25, 0.3) is 0 Å². The molecule has 0 spiro atoms. The molecule has 0 fully saturated rings. The van der Waals surface area contributed by atoms with Crippen LogP contribution in [0.3, 0.4) is 0 Å². The van der Waals surface area contributed by atoms with E-state index in [1.807, 2.05) is 0 Å². The molecular weight excluding hydrogens is 355 g/mol. The number of benzene rings is 1. The lowest BCUT2D eigenvalue weighted by atomic mass is 10.1. The number of hydrogen-bond acceptors (Lipinski definition) is 4. The van der Waals surface area contributed by atoms with Crippen molar-refractivity contribution in [2.75, 3.05) is 7.11 Å². The molecule has 0 saturated heterocycles. The number of carbonyl (C=O) groups excluding carboxylic acids is 1. The highest BCUT2D eigenvalue weighted by Crippen LogP contribution is 2.23. The predicted molar refractivity (Wildman–Crippen MR) is 93.7 cm³/mol. The van der Waals surface area contributed by atoms with Crippen LogP contribution in [0.1, 0.15) is 12.5 Å². The van der Waals surface area contributed by atoms with E-state index >= 15 is 0 Å². The SMILES string of the molecule is C=N/C(=C\C(NC(=O)Cc1cc(Cl)ccc1OC)=C(/C)Cl)C(=O)O. The van der Waals surface area contributed by atoms with Gasteiger partial charge in [-0.15, -0.1) is 0 Å². The fourth-order valence-corrected chi connectivity index (χ4v) is 2.08. The summed E-state index contributed by atoms with van der Waals surface area (Å²) in [7, 11) is 1.48. The quantitative estimate of drug-likeness (QED) is 0.438. The highest BCUT2D eigenvalue weighted by atomic mass is 35.5. The largest absolute Gasteiger partial charge is 0.496 e. The van der Waals surface area contributed by atoms with Gasteiger partial charge in [-0.2, -0.15) is 0 Å². The third-order valence-electron chi connectivity index (χ3n) is 2.91. The Morgan fingerprint density at radius 3 is 2.62 bits per heavy atom. The van der Waals surface area contributed by atoms with Crippen LogP contribution in [0.4, 0.5) is 0 Å². The van der Waals surface area contributed by atoms with Crippen molar-refractivity contribution < 1.29 is 19.4 Å². The molecule has 8 heteroatoms. The summed E-state index contributed by atoms with van der Waals surface area (Å²) in [6.45, 7) is 4.68. The first kappa shape index (κ1) is 19.7. The van der Waals surface area contributed by atoms with Gasteiger partial charge in [0.1, 0.15) is 11.4 Å². The maximum Gasteiger partial charge on any atom is 0.354 e. The number of halogens is 2. The number of amides is 1. The Balaban J connectivity index is 3.00. The number of aliphatic imine (C=N–C) groups is 1. The first-order valence-corrected chi connectivity index (χ1v) is 7.44. The Bertz CT molecular complexity index is 723. The van der Waals surface area contributed by atoms with E-state index in [2.05, 4.69) is 17.0 Å². The van der Waals surface area contributed by atoms with Crippen molar-refractivity contribution in [1.82, 2.24) is 5.32 Å². The molecule has 0 radical (unpaired) electrons. The van der Waals surface area contributed by atoms with Crippen LogP contribution in [-0.4, -0.2) is 30.8 Å². The Morgan fingerprint density at radius 2 is 2.12 bits per heavy atom. The fourth-order valence-electron chi connectivity index (χ4n) is 1.79. The second-order valence-corrected chi connectivity index (χ2v) is 5.62. The zero-order chi connectivity index (χ0) is 18.3. The van der Waals surface area contributed by atoms with E-state index in [-0.39, 0.29) is 22.8 Å². The lowest BCUT2D eigenvalue weighted by Crippen LogP contribution is -2.25. The molecule has 1 aromatic rings. The molecule has 0 heterocycles. The van der Waals surface area contributed by atoms with E-state index < -0.39 is 11.9 Å². The number of methoxy groups -OCH3 is 1. The highest BCUT2D eigenvalue weighted by molar-refractivity contribution is 6.30. The van der Waals surface area contributed by atoms with Gasteiger partial charge >= 0.3 is 5.97 Å². The molecule has 2 N–H and O–H groups in total. The smallest absolute Gasteiger partial charge is 0.354 e. The summed E-state index contributed by atoms with van der Waals surface area (Å²) in [4.78, 5) is 26.6. The summed E-state index contributed by atoms with van der Waals surface area (Å²) >= 11 is 11.8. The van der Waals surface area contributed by atoms with Crippen LogP contribution in [0.5, 0.6) is 5.75 Å². The zero-order valence-corrected chi connectivity index (χ0v) is 14.6. The molecule has 0 atom stereocenters. The summed E-state index contributed by atoms with van der Waals surface area (Å²) in [5.41, 5.74) is 0.358. The Kier molecular flexibility index (Phi) is 7.48. The van der Waals surface area contributed by atoms with Crippen LogP contribution in [-0.2, 0) is 16.0 Å². The summed E-state index contributed by atoms with van der Waals surface area (Å²) in [5, 5.41) is 12.2. The molecule has 0 aliphatic carbocycles. The normalized spacial score (nSPS) is 12.2. The van der Waals surface area contributed by atoms with E-state index in [9.17, 15) is 9.59 Å². The van der Waals surface area contributed by atoms with Gasteiger partial charge in [-0.25, -0.2) is 4.79 Å². The number of aliphatic carboxylic acids is 1. The standard InChI is InChI=1S/C16H16Cl2N2O4/c1-9(17)12(8-13(19-2)16(22)23)20-15(21)7-10-6-11(18)4-5-14(10)24-3/h4-6,8H,2,7H2,1,3H3,(H,20,21)(H,22,23)/b12-9-,13-8-.